The topological polar surface area (TPSA) is 95.9 Å². The quantitative estimate of drug-likeness (QED) is 0.493. The normalized spacial score (nSPS) is 20.7. The summed E-state index contributed by atoms with van der Waals surface area (Å²) in [5, 5.41) is 14.8. The van der Waals surface area contributed by atoms with Gasteiger partial charge in [-0.3, -0.25) is 14.9 Å². The molecule has 7 nitrogen and oxygen atoms in total. The number of carbonyl (C=O) groups is 3. The van der Waals surface area contributed by atoms with Crippen LogP contribution in [0.2, 0.25) is 0 Å². The van der Waals surface area contributed by atoms with Crippen LogP contribution in [0.1, 0.15) is 36.0 Å². The Kier molecular flexibility index (Phi) is 9.34. The second-order valence-electron chi connectivity index (χ2n) is 7.89. The number of aryl methyl sites for hydroxylation is 1. The number of hydrogen-bond donors (Lipinski definition) is 2. The lowest BCUT2D eigenvalue weighted by atomic mass is 10.0. The zero-order chi connectivity index (χ0) is 23.8. The van der Waals surface area contributed by atoms with E-state index in [0.29, 0.717) is 25.1 Å². The van der Waals surface area contributed by atoms with E-state index in [1.54, 1.807) is 30.0 Å². The van der Waals surface area contributed by atoms with Gasteiger partial charge in [0.2, 0.25) is 5.91 Å². The van der Waals surface area contributed by atoms with Crippen LogP contribution >= 0.6 is 23.1 Å². The minimum Gasteiger partial charge on any atom is -0.480 e. The lowest BCUT2D eigenvalue weighted by Crippen LogP contribution is -2.55. The molecule has 0 radical (unpaired) electrons. The van der Waals surface area contributed by atoms with Gasteiger partial charge in [-0.05, 0) is 43.7 Å². The van der Waals surface area contributed by atoms with Crippen molar-refractivity contribution in [1.82, 2.24) is 10.2 Å². The van der Waals surface area contributed by atoms with Crippen LogP contribution in [0.5, 0.6) is 0 Å². The summed E-state index contributed by atoms with van der Waals surface area (Å²) >= 11 is 3.20. The van der Waals surface area contributed by atoms with E-state index in [4.69, 9.17) is 4.74 Å². The van der Waals surface area contributed by atoms with Crippen LogP contribution in [0, 0.1) is 0 Å². The van der Waals surface area contributed by atoms with Gasteiger partial charge in [0.05, 0.1) is 17.9 Å². The molecule has 1 aromatic heterocycles. The molecule has 2 N–H and O–H groups in total. The summed E-state index contributed by atoms with van der Waals surface area (Å²) in [7, 11) is 0. The maximum absolute atomic E-state index is 13.4. The van der Waals surface area contributed by atoms with Gasteiger partial charge in [-0.15, -0.1) is 23.1 Å². The molecule has 1 aliphatic heterocycles. The Bertz CT molecular complexity index is 922. The van der Waals surface area contributed by atoms with Crippen molar-refractivity contribution in [2.24, 2.45) is 0 Å². The maximum Gasteiger partial charge on any atom is 0.326 e. The standard InChI is InChI=1S/C24H30N2O5S2/c1-3-31-24(30)18(12-11-17-8-5-4-6-9-17)25-19-15-33-21(20-10-7-13-32-20)14-26(22(19)27)16(2)23(28)29/h4-10,13,16,18-19,21,25H,3,11-12,14-15H2,1-2H3,(H,28,29). The fraction of sp³-hybridized carbons (Fsp3) is 0.458. The van der Waals surface area contributed by atoms with E-state index < -0.39 is 30.1 Å². The molecule has 1 aromatic carbocycles. The third-order valence-corrected chi connectivity index (χ3v) is 8.10. The number of ether oxygens (including phenoxy) is 1. The van der Waals surface area contributed by atoms with Crippen LogP contribution < -0.4 is 5.32 Å². The highest BCUT2D eigenvalue weighted by Gasteiger charge is 2.38. The minimum absolute atomic E-state index is 0.0205. The number of carboxylic acids is 1. The molecule has 178 valence electrons. The number of rotatable bonds is 10. The molecule has 3 rings (SSSR count). The predicted molar refractivity (Wildman–Crippen MR) is 130 cm³/mol. The first-order valence-electron chi connectivity index (χ1n) is 11.1. The molecule has 1 amide bonds. The fourth-order valence-electron chi connectivity index (χ4n) is 3.76. The Balaban J connectivity index is 1.79. The zero-order valence-corrected chi connectivity index (χ0v) is 20.4. The van der Waals surface area contributed by atoms with Crippen molar-refractivity contribution in [2.75, 3.05) is 18.9 Å². The van der Waals surface area contributed by atoms with E-state index in [0.717, 1.165) is 10.4 Å². The Morgan fingerprint density at radius 3 is 2.64 bits per heavy atom. The highest BCUT2D eigenvalue weighted by molar-refractivity contribution is 7.99. The monoisotopic (exact) mass is 490 g/mol. The smallest absolute Gasteiger partial charge is 0.326 e. The number of esters is 1. The Morgan fingerprint density at radius 1 is 1.24 bits per heavy atom. The van der Waals surface area contributed by atoms with Crippen LogP contribution in [0.25, 0.3) is 0 Å². The summed E-state index contributed by atoms with van der Waals surface area (Å²) in [6.45, 7) is 3.83. The number of benzene rings is 1. The van der Waals surface area contributed by atoms with E-state index in [-0.39, 0.29) is 17.8 Å². The van der Waals surface area contributed by atoms with Gasteiger partial charge in [0.25, 0.3) is 0 Å². The maximum atomic E-state index is 13.4. The van der Waals surface area contributed by atoms with E-state index in [2.05, 4.69) is 5.32 Å². The molecule has 0 saturated carbocycles. The molecule has 4 atom stereocenters. The number of aliphatic carboxylic acids is 1. The molecule has 1 saturated heterocycles. The van der Waals surface area contributed by atoms with Crippen LogP contribution in [0.3, 0.4) is 0 Å². The second kappa shape index (κ2) is 12.2. The first-order chi connectivity index (χ1) is 15.9. The lowest BCUT2D eigenvalue weighted by molar-refractivity contribution is -0.151. The molecule has 1 aliphatic rings. The number of thiophene rings is 1. The zero-order valence-electron chi connectivity index (χ0n) is 18.8. The first-order valence-corrected chi connectivity index (χ1v) is 13.0. The molecule has 0 spiro atoms. The Labute approximate surface area is 202 Å². The SMILES string of the molecule is CCOC(=O)C(CCc1ccccc1)NC1CSC(c2cccs2)CN(C(C)C(=O)O)C1=O. The molecule has 2 heterocycles. The Morgan fingerprint density at radius 2 is 2.00 bits per heavy atom. The predicted octanol–water partition coefficient (Wildman–Crippen LogP) is 3.36. The number of nitrogens with zero attached hydrogens (tertiary/aromatic N) is 1. The van der Waals surface area contributed by atoms with E-state index in [9.17, 15) is 19.5 Å². The molecule has 0 aliphatic carbocycles. The third kappa shape index (κ3) is 6.82. The van der Waals surface area contributed by atoms with Gasteiger partial charge >= 0.3 is 11.9 Å². The number of carbonyl (C=O) groups excluding carboxylic acids is 2. The fourth-order valence-corrected chi connectivity index (χ4v) is 6.00. The number of thioether (sulfide) groups is 1. The minimum atomic E-state index is -1.05. The van der Waals surface area contributed by atoms with Crippen LogP contribution in [-0.2, 0) is 25.5 Å². The van der Waals surface area contributed by atoms with Gasteiger partial charge in [0.15, 0.2) is 0 Å². The molecule has 2 aromatic rings. The van der Waals surface area contributed by atoms with Crippen molar-refractivity contribution in [3.63, 3.8) is 0 Å². The van der Waals surface area contributed by atoms with Crippen molar-refractivity contribution in [3.8, 4) is 0 Å². The van der Waals surface area contributed by atoms with E-state index in [1.165, 1.54) is 11.8 Å². The molecule has 9 heteroatoms. The lowest BCUT2D eigenvalue weighted by Gasteiger charge is -2.30. The number of amides is 1. The molecule has 33 heavy (non-hydrogen) atoms. The molecular weight excluding hydrogens is 460 g/mol. The largest absolute Gasteiger partial charge is 0.480 e. The summed E-state index contributed by atoms with van der Waals surface area (Å²) < 4.78 is 5.27. The van der Waals surface area contributed by atoms with Gasteiger partial charge in [-0.25, -0.2) is 4.79 Å². The van der Waals surface area contributed by atoms with Gasteiger partial charge in [0.1, 0.15) is 12.1 Å². The summed E-state index contributed by atoms with van der Waals surface area (Å²) in [6, 6.07) is 11.5. The Hall–Kier alpha value is -2.36. The summed E-state index contributed by atoms with van der Waals surface area (Å²) in [6.07, 6.45) is 1.12. The van der Waals surface area contributed by atoms with Crippen LogP contribution in [0.15, 0.2) is 47.8 Å². The molecular formula is C24H30N2O5S2. The summed E-state index contributed by atoms with van der Waals surface area (Å²) in [4.78, 5) is 40.4. The van der Waals surface area contributed by atoms with Crippen molar-refractivity contribution in [3.05, 3.63) is 58.3 Å². The summed E-state index contributed by atoms with van der Waals surface area (Å²) in [5.74, 6) is -1.32. The molecule has 4 unspecified atom stereocenters. The highest BCUT2D eigenvalue weighted by atomic mass is 32.2. The third-order valence-electron chi connectivity index (χ3n) is 5.63. The van der Waals surface area contributed by atoms with Gasteiger partial charge in [-0.1, -0.05) is 36.4 Å². The van der Waals surface area contributed by atoms with Gasteiger partial charge in [-0.2, -0.15) is 0 Å². The van der Waals surface area contributed by atoms with Crippen molar-refractivity contribution in [1.29, 1.82) is 0 Å². The highest BCUT2D eigenvalue weighted by Crippen LogP contribution is 2.36. The van der Waals surface area contributed by atoms with Gasteiger partial charge in [0, 0.05) is 17.2 Å². The van der Waals surface area contributed by atoms with E-state index in [1.807, 2.05) is 47.8 Å². The summed E-state index contributed by atoms with van der Waals surface area (Å²) in [5.41, 5.74) is 1.09. The van der Waals surface area contributed by atoms with Crippen LogP contribution in [-0.4, -0.2) is 64.9 Å². The van der Waals surface area contributed by atoms with E-state index >= 15 is 0 Å². The average molecular weight is 491 g/mol. The first kappa shape index (κ1) is 25.3. The van der Waals surface area contributed by atoms with Crippen molar-refractivity contribution in [2.45, 2.75) is 50.1 Å². The average Bonchev–Trinajstić information content (AvgIpc) is 3.30. The number of carboxylic acid groups (broad SMARTS) is 1. The molecule has 1 fully saturated rings. The van der Waals surface area contributed by atoms with Crippen molar-refractivity contribution < 1.29 is 24.2 Å². The second-order valence-corrected chi connectivity index (χ2v) is 10.1. The van der Waals surface area contributed by atoms with Gasteiger partial charge < -0.3 is 14.7 Å². The molecule has 0 bridgehead atoms. The van der Waals surface area contributed by atoms with Crippen molar-refractivity contribution >= 4 is 40.9 Å². The van der Waals surface area contributed by atoms with Crippen LogP contribution in [0.4, 0.5) is 0 Å². The number of hydrogen-bond acceptors (Lipinski definition) is 7. The number of nitrogens with one attached hydrogen (secondary N) is 1.